The van der Waals surface area contributed by atoms with Crippen LogP contribution in [0.15, 0.2) is 22.7 Å². The minimum atomic E-state index is -0.534. The number of nitrogens with zero attached hydrogens (tertiary/aromatic N) is 1. The van der Waals surface area contributed by atoms with Crippen molar-refractivity contribution < 1.29 is 9.59 Å². The number of anilines is 1. The first-order chi connectivity index (χ1) is 11.7. The zero-order valence-electron chi connectivity index (χ0n) is 14.9. The van der Waals surface area contributed by atoms with Crippen LogP contribution in [0.1, 0.15) is 49.7 Å². The molecular weight excluding hydrogens is 340 g/mol. The first-order valence-electron chi connectivity index (χ1n) is 8.20. The highest BCUT2D eigenvalue weighted by atomic mass is 35.5. The lowest BCUT2D eigenvalue weighted by Gasteiger charge is -2.44. The van der Waals surface area contributed by atoms with Gasteiger partial charge in [-0.2, -0.15) is 0 Å². The highest BCUT2D eigenvalue weighted by Crippen LogP contribution is 2.49. The maximum Gasteiger partial charge on any atom is 0.251 e. The lowest BCUT2D eigenvalue weighted by Crippen LogP contribution is -2.51. The van der Waals surface area contributed by atoms with Gasteiger partial charge in [0.15, 0.2) is 0 Å². The van der Waals surface area contributed by atoms with Crippen molar-refractivity contribution in [1.82, 2.24) is 10.3 Å². The molecular formula is C18H23ClN4O2. The number of carbonyl (C=O) groups is 2. The van der Waals surface area contributed by atoms with Crippen molar-refractivity contribution in [3.05, 3.63) is 34.0 Å². The van der Waals surface area contributed by atoms with E-state index >= 15 is 0 Å². The minimum Gasteiger partial charge on any atom is -0.348 e. The van der Waals surface area contributed by atoms with Crippen LogP contribution in [0, 0.1) is 17.7 Å². The molecule has 0 aliphatic heterocycles. The first kappa shape index (κ1) is 19.1. The van der Waals surface area contributed by atoms with Gasteiger partial charge in [-0.3, -0.25) is 9.59 Å². The standard InChI is InChI=1S/C18H23ClN4O2/c1-5-16(24)23-15-7-13(6-10(2)21-15)17(25)22-12(4)18(9-20)8-14(19)11(18)3/h6-7,9,12,20H,5,8H2,1-4H3,(H,22,25)(H,21,23,24). The fourth-order valence-electron chi connectivity index (χ4n) is 2.93. The number of rotatable bonds is 6. The fraction of sp³-hybridized carbons (Fsp3) is 0.444. The number of aryl methyl sites for hydroxylation is 1. The number of nitrogens with one attached hydrogen (secondary N) is 3. The van der Waals surface area contributed by atoms with Gasteiger partial charge in [-0.15, -0.1) is 0 Å². The minimum absolute atomic E-state index is 0.162. The Morgan fingerprint density at radius 2 is 2.12 bits per heavy atom. The zero-order valence-corrected chi connectivity index (χ0v) is 15.6. The van der Waals surface area contributed by atoms with Crippen LogP contribution >= 0.6 is 11.6 Å². The first-order valence-corrected chi connectivity index (χ1v) is 8.58. The van der Waals surface area contributed by atoms with Crippen LogP contribution in [0.25, 0.3) is 0 Å². The van der Waals surface area contributed by atoms with Gasteiger partial charge >= 0.3 is 0 Å². The van der Waals surface area contributed by atoms with Crippen molar-refractivity contribution in [2.45, 2.75) is 46.6 Å². The number of carbonyl (C=O) groups excluding carboxylic acids is 2. The highest BCUT2D eigenvalue weighted by molar-refractivity contribution is 6.31. The van der Waals surface area contributed by atoms with E-state index in [0.717, 1.165) is 10.6 Å². The van der Waals surface area contributed by atoms with Gasteiger partial charge in [-0.1, -0.05) is 18.5 Å². The SMILES string of the molecule is CCC(=O)Nc1cc(C(=O)NC(C)C2(C=N)CC(Cl)=C2C)cc(C)n1. The molecule has 0 spiro atoms. The van der Waals surface area contributed by atoms with Gasteiger partial charge in [0, 0.05) is 35.0 Å². The maximum absolute atomic E-state index is 12.6. The van der Waals surface area contributed by atoms with E-state index in [1.165, 1.54) is 6.21 Å². The Kier molecular flexibility index (Phi) is 5.62. The summed E-state index contributed by atoms with van der Waals surface area (Å²) in [7, 11) is 0. The molecule has 25 heavy (non-hydrogen) atoms. The molecule has 2 amide bonds. The molecule has 1 aromatic rings. The van der Waals surface area contributed by atoms with Gasteiger partial charge in [0.1, 0.15) is 5.82 Å². The maximum atomic E-state index is 12.6. The molecule has 1 aliphatic carbocycles. The number of pyridine rings is 1. The third kappa shape index (κ3) is 3.74. The molecule has 0 radical (unpaired) electrons. The summed E-state index contributed by atoms with van der Waals surface area (Å²) in [6.45, 7) is 7.26. The van der Waals surface area contributed by atoms with Crippen LogP contribution < -0.4 is 10.6 Å². The molecule has 0 fully saturated rings. The van der Waals surface area contributed by atoms with E-state index in [4.69, 9.17) is 17.0 Å². The fourth-order valence-corrected chi connectivity index (χ4v) is 3.33. The van der Waals surface area contributed by atoms with E-state index < -0.39 is 5.41 Å². The number of allylic oxidation sites excluding steroid dienone is 1. The Balaban J connectivity index is 2.18. The van der Waals surface area contributed by atoms with Crippen LogP contribution in [0.3, 0.4) is 0 Å². The molecule has 2 rings (SSSR count). The normalized spacial score (nSPS) is 20.5. The molecule has 0 saturated carbocycles. The highest BCUT2D eigenvalue weighted by Gasteiger charge is 2.45. The van der Waals surface area contributed by atoms with Crippen molar-refractivity contribution in [3.8, 4) is 0 Å². The molecule has 2 atom stereocenters. The van der Waals surface area contributed by atoms with E-state index in [-0.39, 0.29) is 17.9 Å². The zero-order chi connectivity index (χ0) is 18.8. The van der Waals surface area contributed by atoms with Crippen molar-refractivity contribution in [2.75, 3.05) is 5.32 Å². The Bertz CT molecular complexity index is 759. The van der Waals surface area contributed by atoms with Crippen molar-refractivity contribution in [2.24, 2.45) is 5.41 Å². The van der Waals surface area contributed by atoms with Gasteiger partial charge < -0.3 is 16.0 Å². The number of halogens is 1. The number of aromatic nitrogens is 1. The van der Waals surface area contributed by atoms with Crippen molar-refractivity contribution in [3.63, 3.8) is 0 Å². The topological polar surface area (TPSA) is 94.9 Å². The lowest BCUT2D eigenvalue weighted by atomic mass is 9.65. The molecule has 1 aromatic heterocycles. The van der Waals surface area contributed by atoms with E-state index in [2.05, 4.69) is 15.6 Å². The van der Waals surface area contributed by atoms with Gasteiger partial charge in [0.05, 0.1) is 5.41 Å². The number of hydrogen-bond donors (Lipinski definition) is 3. The molecule has 1 aliphatic rings. The van der Waals surface area contributed by atoms with Gasteiger partial charge in [0.2, 0.25) is 5.91 Å². The predicted octanol–water partition coefficient (Wildman–Crippen LogP) is 3.41. The molecule has 7 heteroatoms. The van der Waals surface area contributed by atoms with E-state index in [1.807, 2.05) is 13.8 Å². The summed E-state index contributed by atoms with van der Waals surface area (Å²) in [6.07, 6.45) is 2.24. The third-order valence-corrected chi connectivity index (χ3v) is 5.15. The predicted molar refractivity (Wildman–Crippen MR) is 99.2 cm³/mol. The second-order valence-electron chi connectivity index (χ2n) is 6.37. The van der Waals surface area contributed by atoms with E-state index in [0.29, 0.717) is 29.9 Å². The van der Waals surface area contributed by atoms with Crippen molar-refractivity contribution >= 4 is 35.4 Å². The Morgan fingerprint density at radius 3 is 2.64 bits per heavy atom. The smallest absolute Gasteiger partial charge is 0.251 e. The molecule has 6 nitrogen and oxygen atoms in total. The summed E-state index contributed by atoms with van der Waals surface area (Å²) in [5.41, 5.74) is 1.43. The molecule has 134 valence electrons. The average molecular weight is 363 g/mol. The second-order valence-corrected chi connectivity index (χ2v) is 6.83. The quantitative estimate of drug-likeness (QED) is 0.677. The van der Waals surface area contributed by atoms with Crippen LogP contribution in [0.4, 0.5) is 5.82 Å². The van der Waals surface area contributed by atoms with Crippen LogP contribution in [0.2, 0.25) is 0 Å². The molecule has 2 unspecified atom stereocenters. The summed E-state index contributed by atoms with van der Waals surface area (Å²) in [5, 5.41) is 14.1. The Labute approximate surface area is 152 Å². The monoisotopic (exact) mass is 362 g/mol. The average Bonchev–Trinajstić information content (AvgIpc) is 2.58. The van der Waals surface area contributed by atoms with Gasteiger partial charge in [-0.05, 0) is 44.9 Å². The summed E-state index contributed by atoms with van der Waals surface area (Å²) in [4.78, 5) is 28.4. The Morgan fingerprint density at radius 1 is 1.44 bits per heavy atom. The van der Waals surface area contributed by atoms with Crippen molar-refractivity contribution in [1.29, 1.82) is 5.41 Å². The van der Waals surface area contributed by atoms with Crippen LogP contribution in [0.5, 0.6) is 0 Å². The Hall–Kier alpha value is -2.21. The molecule has 0 bridgehead atoms. The number of amides is 2. The third-order valence-electron chi connectivity index (χ3n) is 4.73. The lowest BCUT2D eigenvalue weighted by molar-refractivity contribution is -0.115. The second kappa shape index (κ2) is 7.35. The van der Waals surface area contributed by atoms with Gasteiger partial charge in [-0.25, -0.2) is 4.98 Å². The summed E-state index contributed by atoms with van der Waals surface area (Å²) in [6, 6.07) is 2.94. The van der Waals surface area contributed by atoms with Crippen LogP contribution in [-0.4, -0.2) is 29.1 Å². The van der Waals surface area contributed by atoms with E-state index in [1.54, 1.807) is 26.0 Å². The molecule has 0 saturated heterocycles. The van der Waals surface area contributed by atoms with Crippen LogP contribution in [-0.2, 0) is 4.79 Å². The molecule has 0 aromatic carbocycles. The summed E-state index contributed by atoms with van der Waals surface area (Å²) in [5.74, 6) is -0.0818. The molecule has 3 N–H and O–H groups in total. The van der Waals surface area contributed by atoms with Gasteiger partial charge in [0.25, 0.3) is 5.91 Å². The summed E-state index contributed by atoms with van der Waals surface area (Å²) < 4.78 is 0. The van der Waals surface area contributed by atoms with E-state index in [9.17, 15) is 9.59 Å². The number of hydrogen-bond acceptors (Lipinski definition) is 4. The summed E-state index contributed by atoms with van der Waals surface area (Å²) >= 11 is 6.08. The molecule has 1 heterocycles. The largest absolute Gasteiger partial charge is 0.348 e.